The lowest BCUT2D eigenvalue weighted by Gasteiger charge is -2.31. The molecule has 132 valence electrons. The fourth-order valence-corrected chi connectivity index (χ4v) is 2.96. The van der Waals surface area contributed by atoms with Gasteiger partial charge in [-0.1, -0.05) is 0 Å². The highest BCUT2D eigenvalue weighted by atomic mass is 16.5. The fraction of sp³-hybridized carbons (Fsp3) is 0.333. The third-order valence-corrected chi connectivity index (χ3v) is 4.44. The number of benzene rings is 1. The third-order valence-electron chi connectivity index (χ3n) is 4.44. The van der Waals surface area contributed by atoms with Crippen molar-refractivity contribution in [2.45, 2.75) is 13.8 Å². The molecule has 0 amide bonds. The largest absolute Gasteiger partial charge is 0.466 e. The Balaban J connectivity index is 2.15. The highest BCUT2D eigenvalue weighted by Gasteiger charge is 2.32. The number of nitrogens with zero attached hydrogens (tertiary/aromatic N) is 1. The number of carbonyl (C=O) groups is 2. The molecule has 0 unspecified atom stereocenters. The SMILES string of the molecule is COC(=O)C1=C(C(=O)OC)N(c2ccc3[nH]c(C)c(C)c3c2)COC1. The second-order valence-corrected chi connectivity index (χ2v) is 5.82. The summed E-state index contributed by atoms with van der Waals surface area (Å²) in [6, 6.07) is 5.76. The van der Waals surface area contributed by atoms with Gasteiger partial charge in [-0.3, -0.25) is 0 Å². The lowest BCUT2D eigenvalue weighted by Crippen LogP contribution is -2.38. The molecule has 7 nitrogen and oxygen atoms in total. The van der Waals surface area contributed by atoms with Gasteiger partial charge in [0, 0.05) is 22.3 Å². The topological polar surface area (TPSA) is 80.9 Å². The van der Waals surface area contributed by atoms with E-state index >= 15 is 0 Å². The maximum absolute atomic E-state index is 12.3. The van der Waals surface area contributed by atoms with Crippen LogP contribution in [-0.2, 0) is 23.8 Å². The minimum atomic E-state index is -0.611. The Morgan fingerprint density at radius 2 is 1.88 bits per heavy atom. The number of fused-ring (bicyclic) bond motifs is 1. The van der Waals surface area contributed by atoms with Crippen molar-refractivity contribution in [2.24, 2.45) is 0 Å². The van der Waals surface area contributed by atoms with E-state index in [1.807, 2.05) is 32.0 Å². The summed E-state index contributed by atoms with van der Waals surface area (Å²) < 4.78 is 15.1. The number of rotatable bonds is 3. The fourth-order valence-electron chi connectivity index (χ4n) is 2.96. The molecule has 1 aromatic heterocycles. The predicted molar refractivity (Wildman–Crippen MR) is 92.1 cm³/mol. The smallest absolute Gasteiger partial charge is 0.355 e. The number of hydrogen-bond donors (Lipinski definition) is 1. The molecule has 1 N–H and O–H groups in total. The van der Waals surface area contributed by atoms with Crippen LogP contribution in [0.5, 0.6) is 0 Å². The number of aromatic nitrogens is 1. The zero-order valence-corrected chi connectivity index (χ0v) is 14.6. The molecule has 25 heavy (non-hydrogen) atoms. The van der Waals surface area contributed by atoms with Gasteiger partial charge in [-0.05, 0) is 37.6 Å². The van der Waals surface area contributed by atoms with E-state index < -0.39 is 11.9 Å². The number of ether oxygens (including phenoxy) is 3. The Labute approximate surface area is 145 Å². The zero-order valence-electron chi connectivity index (χ0n) is 14.6. The number of nitrogens with one attached hydrogen (secondary N) is 1. The molecule has 3 rings (SSSR count). The first-order valence-electron chi connectivity index (χ1n) is 7.82. The first-order chi connectivity index (χ1) is 12.0. The lowest BCUT2D eigenvalue weighted by molar-refractivity contribution is -0.140. The van der Waals surface area contributed by atoms with Crippen molar-refractivity contribution in [3.8, 4) is 0 Å². The second kappa shape index (κ2) is 6.60. The quantitative estimate of drug-likeness (QED) is 0.860. The molecule has 0 aliphatic carbocycles. The van der Waals surface area contributed by atoms with Gasteiger partial charge in [0.1, 0.15) is 12.4 Å². The van der Waals surface area contributed by atoms with Gasteiger partial charge >= 0.3 is 11.9 Å². The molecule has 1 aromatic carbocycles. The summed E-state index contributed by atoms with van der Waals surface area (Å²) in [4.78, 5) is 29.3. The molecule has 1 aliphatic heterocycles. The number of carbonyl (C=O) groups excluding carboxylic acids is 2. The van der Waals surface area contributed by atoms with E-state index in [0.717, 1.165) is 27.8 Å². The Morgan fingerprint density at radius 1 is 1.16 bits per heavy atom. The average Bonchev–Trinajstić information content (AvgIpc) is 2.93. The summed E-state index contributed by atoms with van der Waals surface area (Å²) in [7, 11) is 2.54. The zero-order chi connectivity index (χ0) is 18.1. The number of esters is 2. The van der Waals surface area contributed by atoms with Crippen molar-refractivity contribution >= 4 is 28.5 Å². The minimum Gasteiger partial charge on any atom is -0.466 e. The molecule has 2 heterocycles. The highest BCUT2D eigenvalue weighted by molar-refractivity contribution is 6.03. The average molecular weight is 344 g/mol. The maximum atomic E-state index is 12.3. The van der Waals surface area contributed by atoms with Crippen molar-refractivity contribution in [3.05, 3.63) is 40.7 Å². The van der Waals surface area contributed by atoms with Gasteiger partial charge in [-0.25, -0.2) is 9.59 Å². The third kappa shape index (κ3) is 2.87. The number of hydrogen-bond acceptors (Lipinski definition) is 6. The molecular formula is C18H20N2O5. The molecule has 0 spiro atoms. The van der Waals surface area contributed by atoms with Crippen molar-refractivity contribution in [1.82, 2.24) is 4.98 Å². The number of anilines is 1. The summed E-state index contributed by atoms with van der Waals surface area (Å²) in [5, 5.41) is 1.05. The Bertz CT molecular complexity index is 881. The Morgan fingerprint density at radius 3 is 2.56 bits per heavy atom. The summed E-state index contributed by atoms with van der Waals surface area (Å²) >= 11 is 0. The molecule has 0 radical (unpaired) electrons. The molecule has 7 heteroatoms. The summed E-state index contributed by atoms with van der Waals surface area (Å²) in [6.45, 7) is 4.17. The van der Waals surface area contributed by atoms with Crippen LogP contribution in [0.15, 0.2) is 29.5 Å². The van der Waals surface area contributed by atoms with E-state index in [0.29, 0.717) is 0 Å². The molecular weight excluding hydrogens is 324 g/mol. The minimum absolute atomic E-state index is 0.00184. The number of H-pyrrole nitrogens is 1. The first kappa shape index (κ1) is 17.0. The van der Waals surface area contributed by atoms with Crippen LogP contribution in [0.4, 0.5) is 5.69 Å². The molecule has 0 atom stereocenters. The Hall–Kier alpha value is -2.80. The summed E-state index contributed by atoms with van der Waals surface area (Å²) in [6.07, 6.45) is 0. The molecule has 1 aliphatic rings. The highest BCUT2D eigenvalue weighted by Crippen LogP contribution is 2.31. The van der Waals surface area contributed by atoms with Crippen molar-refractivity contribution < 1.29 is 23.8 Å². The lowest BCUT2D eigenvalue weighted by atomic mass is 10.1. The van der Waals surface area contributed by atoms with Crippen molar-refractivity contribution in [2.75, 3.05) is 32.5 Å². The number of aryl methyl sites for hydroxylation is 2. The van der Waals surface area contributed by atoms with Gasteiger partial charge in [0.25, 0.3) is 0 Å². The van der Waals surface area contributed by atoms with E-state index in [4.69, 9.17) is 14.2 Å². The van der Waals surface area contributed by atoms with Crippen LogP contribution in [-0.4, -0.2) is 44.5 Å². The Kier molecular flexibility index (Phi) is 4.50. The van der Waals surface area contributed by atoms with Crippen molar-refractivity contribution in [1.29, 1.82) is 0 Å². The van der Waals surface area contributed by atoms with Crippen LogP contribution >= 0.6 is 0 Å². The van der Waals surface area contributed by atoms with Gasteiger partial charge in [0.2, 0.25) is 0 Å². The van der Waals surface area contributed by atoms with E-state index in [-0.39, 0.29) is 24.6 Å². The van der Waals surface area contributed by atoms with Crippen molar-refractivity contribution in [3.63, 3.8) is 0 Å². The van der Waals surface area contributed by atoms with Crippen LogP contribution in [0.3, 0.4) is 0 Å². The second-order valence-electron chi connectivity index (χ2n) is 5.82. The number of aromatic amines is 1. The standard InChI is InChI=1S/C18H20N2O5/c1-10-11(2)19-15-6-5-12(7-13(10)15)20-9-25-8-14(17(21)23-3)16(20)18(22)24-4/h5-7,19H,8-9H2,1-4H3. The molecule has 0 fully saturated rings. The van der Waals surface area contributed by atoms with Crippen LogP contribution < -0.4 is 4.90 Å². The van der Waals surface area contributed by atoms with Gasteiger partial charge in [0.15, 0.2) is 0 Å². The summed E-state index contributed by atoms with van der Waals surface area (Å²) in [5.41, 5.74) is 4.24. The van der Waals surface area contributed by atoms with Crippen LogP contribution in [0.25, 0.3) is 10.9 Å². The van der Waals surface area contributed by atoms with Gasteiger partial charge in [-0.15, -0.1) is 0 Å². The van der Waals surface area contributed by atoms with E-state index in [2.05, 4.69) is 4.98 Å². The van der Waals surface area contributed by atoms with Gasteiger partial charge in [0.05, 0.1) is 26.4 Å². The first-order valence-corrected chi connectivity index (χ1v) is 7.82. The normalized spacial score (nSPS) is 14.8. The molecule has 0 saturated carbocycles. The van der Waals surface area contributed by atoms with E-state index in [9.17, 15) is 9.59 Å². The molecule has 2 aromatic rings. The monoisotopic (exact) mass is 344 g/mol. The van der Waals surface area contributed by atoms with Gasteiger partial charge in [-0.2, -0.15) is 0 Å². The van der Waals surface area contributed by atoms with Crippen LogP contribution in [0.1, 0.15) is 11.3 Å². The molecule has 0 bridgehead atoms. The van der Waals surface area contributed by atoms with Gasteiger partial charge < -0.3 is 24.1 Å². The van der Waals surface area contributed by atoms with Crippen LogP contribution in [0.2, 0.25) is 0 Å². The van der Waals surface area contributed by atoms with Crippen LogP contribution in [0, 0.1) is 13.8 Å². The number of methoxy groups -OCH3 is 2. The predicted octanol–water partition coefficient (Wildman–Crippen LogP) is 2.18. The molecule has 0 saturated heterocycles. The van der Waals surface area contributed by atoms with E-state index in [1.165, 1.54) is 14.2 Å². The van der Waals surface area contributed by atoms with E-state index in [1.54, 1.807) is 4.90 Å². The maximum Gasteiger partial charge on any atom is 0.355 e. The summed E-state index contributed by atoms with van der Waals surface area (Å²) in [5.74, 6) is -1.22.